The van der Waals surface area contributed by atoms with Crippen molar-refractivity contribution in [3.63, 3.8) is 0 Å². The summed E-state index contributed by atoms with van der Waals surface area (Å²) in [7, 11) is 1.77. The fraction of sp³-hybridized carbons (Fsp3) is 0.350. The van der Waals surface area contributed by atoms with Crippen LogP contribution in [0.3, 0.4) is 0 Å². The molecule has 0 atom stereocenters. The highest BCUT2D eigenvalue weighted by atomic mass is 16.5. The Hall–Kier alpha value is -3.33. The van der Waals surface area contributed by atoms with E-state index in [4.69, 9.17) is 9.72 Å². The predicted molar refractivity (Wildman–Crippen MR) is 107 cm³/mol. The molecule has 9 nitrogen and oxygen atoms in total. The topological polar surface area (TPSA) is 89.3 Å². The second-order valence-corrected chi connectivity index (χ2v) is 7.16. The van der Waals surface area contributed by atoms with Gasteiger partial charge in [-0.2, -0.15) is 4.98 Å². The molecule has 1 saturated heterocycles. The maximum absolute atomic E-state index is 12.5. The number of anilines is 2. The van der Waals surface area contributed by atoms with E-state index in [0.29, 0.717) is 25.7 Å². The molecular formula is C20H21N7O2. The molecule has 5 rings (SSSR count). The van der Waals surface area contributed by atoms with E-state index in [0.717, 1.165) is 35.7 Å². The number of aromatic nitrogens is 5. The molecule has 2 aliphatic rings. The number of fused-ring (bicyclic) bond motifs is 1. The molecule has 0 aromatic carbocycles. The van der Waals surface area contributed by atoms with Gasteiger partial charge in [0, 0.05) is 56.7 Å². The van der Waals surface area contributed by atoms with Crippen LogP contribution in [-0.4, -0.2) is 63.3 Å². The van der Waals surface area contributed by atoms with Crippen LogP contribution in [0.25, 0.3) is 17.3 Å². The minimum Gasteiger partial charge on any atom is -0.381 e. The van der Waals surface area contributed by atoms with Crippen LogP contribution in [0.1, 0.15) is 12.8 Å². The number of hydrogen-bond acceptors (Lipinski definition) is 7. The van der Waals surface area contributed by atoms with Crippen LogP contribution in [0.5, 0.6) is 0 Å². The van der Waals surface area contributed by atoms with Gasteiger partial charge in [0.05, 0.1) is 12.7 Å². The molecule has 1 amide bonds. The first-order chi connectivity index (χ1) is 14.2. The Labute approximate surface area is 168 Å². The molecule has 1 fully saturated rings. The summed E-state index contributed by atoms with van der Waals surface area (Å²) in [6.07, 6.45) is 10.5. The van der Waals surface area contributed by atoms with E-state index in [-0.39, 0.29) is 11.9 Å². The summed E-state index contributed by atoms with van der Waals surface area (Å²) in [5.41, 5.74) is 1.65. The van der Waals surface area contributed by atoms with Gasteiger partial charge in [-0.3, -0.25) is 14.3 Å². The molecule has 29 heavy (non-hydrogen) atoms. The van der Waals surface area contributed by atoms with Gasteiger partial charge in [0.1, 0.15) is 11.5 Å². The quantitative estimate of drug-likeness (QED) is 0.671. The summed E-state index contributed by atoms with van der Waals surface area (Å²) in [4.78, 5) is 34.2. The molecule has 0 bridgehead atoms. The minimum absolute atomic E-state index is 0.0421. The van der Waals surface area contributed by atoms with Crippen molar-refractivity contribution in [2.75, 3.05) is 36.6 Å². The maximum atomic E-state index is 12.5. The molecule has 3 aromatic heterocycles. The molecule has 148 valence electrons. The smallest absolute Gasteiger partial charge is 0.246 e. The highest BCUT2D eigenvalue weighted by Crippen LogP contribution is 2.34. The van der Waals surface area contributed by atoms with Crippen LogP contribution in [0.15, 0.2) is 43.1 Å². The van der Waals surface area contributed by atoms with Crippen LogP contribution >= 0.6 is 0 Å². The van der Waals surface area contributed by atoms with Gasteiger partial charge in [-0.25, -0.2) is 9.97 Å². The number of amides is 1. The van der Waals surface area contributed by atoms with Gasteiger partial charge in [0.15, 0.2) is 5.82 Å². The lowest BCUT2D eigenvalue weighted by Gasteiger charge is -2.40. The molecule has 5 heterocycles. The standard InChI is InChI=1S/C20H21N7O2/c1-25-16-12-23-20(26-9-8-22-18(26)14-2-6-21-7-3-14)24-19(16)27(13-17(25)28)15-4-10-29-11-5-15/h2-3,6-9,12,15H,4-5,10-11,13H2,1H3. The van der Waals surface area contributed by atoms with E-state index in [9.17, 15) is 4.79 Å². The molecule has 2 aliphatic heterocycles. The summed E-state index contributed by atoms with van der Waals surface area (Å²) in [5, 5.41) is 0. The van der Waals surface area contributed by atoms with E-state index in [1.165, 1.54) is 0 Å². The van der Waals surface area contributed by atoms with Crippen LogP contribution in [0.2, 0.25) is 0 Å². The Morgan fingerprint density at radius 1 is 1.10 bits per heavy atom. The average molecular weight is 391 g/mol. The number of likely N-dealkylation sites (N-methyl/N-ethyl adjacent to an activating group) is 1. The van der Waals surface area contributed by atoms with Gasteiger partial charge in [-0.1, -0.05) is 0 Å². The Morgan fingerprint density at radius 3 is 2.69 bits per heavy atom. The lowest BCUT2D eigenvalue weighted by molar-refractivity contribution is -0.117. The van der Waals surface area contributed by atoms with E-state index < -0.39 is 0 Å². The number of imidazole rings is 1. The highest BCUT2D eigenvalue weighted by Gasteiger charge is 2.34. The van der Waals surface area contributed by atoms with Gasteiger partial charge >= 0.3 is 0 Å². The van der Waals surface area contributed by atoms with Crippen LogP contribution in [0, 0.1) is 0 Å². The van der Waals surface area contributed by atoms with Gasteiger partial charge < -0.3 is 14.5 Å². The predicted octanol–water partition coefficient (Wildman–Crippen LogP) is 1.69. The fourth-order valence-corrected chi connectivity index (χ4v) is 3.86. The van der Waals surface area contributed by atoms with Crippen molar-refractivity contribution in [3.05, 3.63) is 43.1 Å². The molecule has 9 heteroatoms. The highest BCUT2D eigenvalue weighted by molar-refractivity contribution is 6.01. The Morgan fingerprint density at radius 2 is 1.90 bits per heavy atom. The lowest BCUT2D eigenvalue weighted by atomic mass is 10.1. The zero-order valence-electron chi connectivity index (χ0n) is 16.1. The van der Waals surface area contributed by atoms with Crippen molar-refractivity contribution in [3.8, 4) is 17.3 Å². The lowest BCUT2D eigenvalue weighted by Crippen LogP contribution is -2.50. The maximum Gasteiger partial charge on any atom is 0.246 e. The minimum atomic E-state index is 0.0421. The Balaban J connectivity index is 1.58. The SMILES string of the molecule is CN1C(=O)CN(C2CCOCC2)c2nc(-n3ccnc3-c3ccncc3)ncc21. The molecule has 0 aliphatic carbocycles. The number of pyridine rings is 1. The van der Waals surface area contributed by atoms with Crippen molar-refractivity contribution in [2.24, 2.45) is 0 Å². The van der Waals surface area contributed by atoms with Crippen LogP contribution in [-0.2, 0) is 9.53 Å². The molecule has 0 N–H and O–H groups in total. The number of ether oxygens (including phenoxy) is 1. The van der Waals surface area contributed by atoms with Crippen molar-refractivity contribution < 1.29 is 9.53 Å². The summed E-state index contributed by atoms with van der Waals surface area (Å²) in [5.74, 6) is 2.08. The second-order valence-electron chi connectivity index (χ2n) is 7.16. The Bertz CT molecular complexity index is 1030. The number of hydrogen-bond donors (Lipinski definition) is 0. The molecule has 0 saturated carbocycles. The number of nitrogens with zero attached hydrogens (tertiary/aromatic N) is 7. The summed E-state index contributed by atoms with van der Waals surface area (Å²) < 4.78 is 7.36. The number of rotatable bonds is 3. The van der Waals surface area contributed by atoms with Crippen molar-refractivity contribution in [1.82, 2.24) is 24.5 Å². The molecular weight excluding hydrogens is 370 g/mol. The summed E-state index contributed by atoms with van der Waals surface area (Å²) in [6.45, 7) is 1.71. The Kier molecular flexibility index (Phi) is 4.44. The first-order valence-corrected chi connectivity index (χ1v) is 9.64. The van der Waals surface area contributed by atoms with Gasteiger partial charge in [-0.15, -0.1) is 0 Å². The third-order valence-corrected chi connectivity index (χ3v) is 5.48. The normalized spacial score (nSPS) is 17.5. The zero-order valence-corrected chi connectivity index (χ0v) is 16.1. The summed E-state index contributed by atoms with van der Waals surface area (Å²) in [6, 6.07) is 4.03. The molecule has 0 radical (unpaired) electrons. The van der Waals surface area contributed by atoms with Gasteiger partial charge in [0.2, 0.25) is 11.9 Å². The first-order valence-electron chi connectivity index (χ1n) is 9.64. The summed E-state index contributed by atoms with van der Waals surface area (Å²) >= 11 is 0. The second kappa shape index (κ2) is 7.25. The van der Waals surface area contributed by atoms with E-state index in [2.05, 4.69) is 19.9 Å². The molecule has 0 spiro atoms. The van der Waals surface area contributed by atoms with Gasteiger partial charge in [-0.05, 0) is 25.0 Å². The molecule has 0 unspecified atom stereocenters. The monoisotopic (exact) mass is 391 g/mol. The van der Waals surface area contributed by atoms with E-state index in [1.807, 2.05) is 22.9 Å². The van der Waals surface area contributed by atoms with Gasteiger partial charge in [0.25, 0.3) is 0 Å². The first kappa shape index (κ1) is 17.7. The average Bonchev–Trinajstić information content (AvgIpc) is 3.27. The number of carbonyl (C=O) groups is 1. The van der Waals surface area contributed by atoms with Crippen molar-refractivity contribution in [1.29, 1.82) is 0 Å². The third-order valence-electron chi connectivity index (χ3n) is 5.48. The molecule has 3 aromatic rings. The largest absolute Gasteiger partial charge is 0.381 e. The zero-order chi connectivity index (χ0) is 19.8. The van der Waals surface area contributed by atoms with Crippen molar-refractivity contribution in [2.45, 2.75) is 18.9 Å². The van der Waals surface area contributed by atoms with Crippen molar-refractivity contribution >= 4 is 17.4 Å². The number of carbonyl (C=O) groups excluding carboxylic acids is 1. The van der Waals surface area contributed by atoms with Crippen LogP contribution in [0.4, 0.5) is 11.5 Å². The van der Waals surface area contributed by atoms with Crippen LogP contribution < -0.4 is 9.80 Å². The van der Waals surface area contributed by atoms with E-state index in [1.54, 1.807) is 36.7 Å². The fourth-order valence-electron chi connectivity index (χ4n) is 3.86. The van der Waals surface area contributed by atoms with E-state index >= 15 is 0 Å². The third kappa shape index (κ3) is 3.13.